The van der Waals surface area contributed by atoms with E-state index in [1.54, 1.807) is 12.1 Å². The number of nitrogens with two attached hydrogens (primary N) is 6. The van der Waals surface area contributed by atoms with E-state index >= 15 is 0 Å². The largest absolute Gasteiger partial charge is 0.496 e. The average Bonchev–Trinajstić information content (AvgIpc) is 2.33. The predicted octanol–water partition coefficient (Wildman–Crippen LogP) is 0.783. The number of Topliss-reactive ketones (excluding diaryl/α,β-unsaturated/α-hetero) is 4. The molecule has 0 spiro atoms. The van der Waals surface area contributed by atoms with E-state index in [1.165, 1.54) is 89.1 Å². The van der Waals surface area contributed by atoms with E-state index in [9.17, 15) is 57.5 Å². The molecule has 0 saturated heterocycles. The molecule has 0 aliphatic carbocycles. The number of ether oxygens (including phenoxy) is 4. The Morgan fingerprint density at radius 1 is 0.360 bits per heavy atom. The zero-order chi connectivity index (χ0) is 65.7. The third-order valence-electron chi connectivity index (χ3n) is 14.0. The highest BCUT2D eigenvalue weighted by Crippen LogP contribution is 2.26. The van der Waals surface area contributed by atoms with Gasteiger partial charge < -0.3 is 90.6 Å². The van der Waals surface area contributed by atoms with Crippen molar-refractivity contribution < 1.29 is 76.5 Å². The van der Waals surface area contributed by atoms with Crippen molar-refractivity contribution in [2.45, 2.75) is 101 Å². The fraction of sp³-hybridized carbons (Fsp3) is 0.400. The Kier molecular flexibility index (Phi) is 28.8. The average molecular weight is 1240 g/mol. The first-order valence-corrected chi connectivity index (χ1v) is 28.3. The van der Waals surface area contributed by atoms with Gasteiger partial charge in [0, 0.05) is 51.9 Å². The van der Waals surface area contributed by atoms with Crippen LogP contribution in [0.15, 0.2) is 72.8 Å². The number of rotatable bonds is 39. The maximum atomic E-state index is 14.4. The molecule has 12 amide bonds. The molecule has 0 aliphatic rings. The van der Waals surface area contributed by atoms with Gasteiger partial charge in [-0.1, -0.05) is 24.3 Å². The van der Waals surface area contributed by atoms with Crippen molar-refractivity contribution in [3.05, 3.63) is 117 Å². The van der Waals surface area contributed by atoms with Crippen LogP contribution in [0.4, 0.5) is 19.2 Å². The molecular weight excluding hydrogens is 1160 g/mol. The van der Waals surface area contributed by atoms with Gasteiger partial charge in [-0.05, 0) is 122 Å². The maximum Gasteiger partial charge on any atom is 0.312 e. The van der Waals surface area contributed by atoms with E-state index in [-0.39, 0.29) is 159 Å². The lowest BCUT2D eigenvalue weighted by atomic mass is 9.96. The summed E-state index contributed by atoms with van der Waals surface area (Å²) in [4.78, 5) is 156. The number of methoxy groups -OCH3 is 4. The van der Waals surface area contributed by atoms with Crippen LogP contribution in [-0.4, -0.2) is 150 Å². The Labute approximate surface area is 513 Å². The number of carbonyl (C=O) groups excluding carboxylic acids is 12. The van der Waals surface area contributed by atoms with Gasteiger partial charge >= 0.3 is 24.1 Å². The van der Waals surface area contributed by atoms with E-state index in [4.69, 9.17) is 53.3 Å². The van der Waals surface area contributed by atoms with Gasteiger partial charge in [0.25, 0.3) is 23.6 Å². The number of benzene rings is 4. The summed E-state index contributed by atoms with van der Waals surface area (Å²) in [6.07, 6.45) is 0.0702. The maximum absolute atomic E-state index is 14.4. The second-order valence-electron chi connectivity index (χ2n) is 20.5. The minimum absolute atomic E-state index is 0.00638. The van der Waals surface area contributed by atoms with E-state index in [2.05, 4.69) is 37.2 Å². The van der Waals surface area contributed by atoms with Crippen molar-refractivity contribution in [2.24, 2.45) is 34.4 Å². The fourth-order valence-electron chi connectivity index (χ4n) is 9.39. The van der Waals surface area contributed by atoms with Gasteiger partial charge in [0.2, 0.25) is 0 Å². The Morgan fingerprint density at radius 3 is 0.865 bits per heavy atom. The van der Waals surface area contributed by atoms with Crippen LogP contribution in [0.2, 0.25) is 0 Å². The number of ketones is 4. The molecule has 19 N–H and O–H groups in total. The number of primary amides is 5. The van der Waals surface area contributed by atoms with Gasteiger partial charge in [-0.2, -0.15) is 0 Å². The third-order valence-corrected chi connectivity index (χ3v) is 14.0. The first kappa shape index (κ1) is 71.2. The summed E-state index contributed by atoms with van der Waals surface area (Å²) in [5.41, 5.74) is 33.8. The van der Waals surface area contributed by atoms with Crippen LogP contribution in [0.1, 0.15) is 115 Å². The zero-order valence-corrected chi connectivity index (χ0v) is 50.0. The molecule has 0 bridgehead atoms. The SMILES string of the molecule is COc1ccc(CC(=O)[C@@H](CCCNC(N)=O)NC(=O)c2cc(CC(=O)[C@@H](CCCNC(N)=O)NC(=O)c3cc(CC(=O)[C@@H](CCCNC(N)=O)NC(=O)c4cc(CC(=O)[C@H](N)CCCNC(N)=O)ccc4OC)ccc3OC)ccc2OC)cc1C(N)=O. The van der Waals surface area contributed by atoms with Crippen molar-refractivity contribution in [3.63, 3.8) is 0 Å². The van der Waals surface area contributed by atoms with Crippen molar-refractivity contribution in [1.29, 1.82) is 0 Å². The molecule has 480 valence electrons. The summed E-state index contributed by atoms with van der Waals surface area (Å²) in [7, 11) is 5.31. The molecular formula is C60H79N13O16. The van der Waals surface area contributed by atoms with Gasteiger partial charge in [0.05, 0.1) is 74.9 Å². The molecule has 0 fully saturated rings. The van der Waals surface area contributed by atoms with Gasteiger partial charge in [-0.25, -0.2) is 19.2 Å². The van der Waals surface area contributed by atoms with E-state index in [0.717, 1.165) is 0 Å². The Bertz CT molecular complexity index is 3230. The van der Waals surface area contributed by atoms with Gasteiger partial charge in [-0.3, -0.25) is 38.4 Å². The summed E-state index contributed by atoms with van der Waals surface area (Å²) in [6, 6.07) is 10.1. The minimum atomic E-state index is -1.24. The molecule has 4 aromatic carbocycles. The van der Waals surface area contributed by atoms with E-state index < -0.39 is 89.3 Å². The second kappa shape index (κ2) is 36.0. The van der Waals surface area contributed by atoms with Crippen LogP contribution in [-0.2, 0) is 44.9 Å². The standard InChI is InChI=1S/C60H79N13O16/c1-86-49-17-13-33(25-37(49)53(62)78)30-46(75)42(10-6-22-68-58(64)83)71-55(80)39-27-35(15-19-51(39)88-3)32-48(77)44(12-8-24-70-60(66)85)73-56(81)40-28-36(16-20-52(40)89-4)31-47(76)43(11-7-23-69-59(65)84)72-54(79)38-26-34(14-18-50(38)87-2)29-45(74)41(61)9-5-21-67-57(63)82/h13-20,25-28,41-44H,5-12,21-24,29-32,61H2,1-4H3,(H2,62,78)(H,71,80)(H,72,79)(H,73,81)(H3,63,67,82)(H3,64,68,83)(H3,65,69,84)(H3,66,70,85)/t41-,42-,43-,44-/m1/s1. The lowest BCUT2D eigenvalue weighted by molar-refractivity contribution is -0.121. The van der Waals surface area contributed by atoms with Crippen molar-refractivity contribution in [3.8, 4) is 23.0 Å². The molecule has 0 radical (unpaired) electrons. The zero-order valence-electron chi connectivity index (χ0n) is 50.0. The molecule has 29 heteroatoms. The third kappa shape index (κ3) is 23.5. The number of amides is 12. The number of hydrogen-bond acceptors (Lipinski definition) is 17. The monoisotopic (exact) mass is 1240 g/mol. The highest BCUT2D eigenvalue weighted by molar-refractivity contribution is 6.04. The first-order chi connectivity index (χ1) is 42.4. The quantitative estimate of drug-likeness (QED) is 0.0275. The Morgan fingerprint density at radius 2 is 0.607 bits per heavy atom. The Hall–Kier alpha value is -10.3. The second-order valence-corrected chi connectivity index (χ2v) is 20.5. The molecule has 4 aromatic rings. The topological polar surface area (TPSA) is 482 Å². The Balaban J connectivity index is 1.59. The molecule has 0 aliphatic heterocycles. The number of urea groups is 4. The molecule has 4 rings (SSSR count). The minimum Gasteiger partial charge on any atom is -0.496 e. The van der Waals surface area contributed by atoms with Gasteiger partial charge in [-0.15, -0.1) is 0 Å². The summed E-state index contributed by atoms with van der Waals surface area (Å²) >= 11 is 0. The highest BCUT2D eigenvalue weighted by atomic mass is 16.5. The van der Waals surface area contributed by atoms with Crippen LogP contribution < -0.4 is 90.6 Å². The molecule has 0 aromatic heterocycles. The first-order valence-electron chi connectivity index (χ1n) is 28.3. The number of carbonyl (C=O) groups is 12. The van der Waals surface area contributed by atoms with Crippen LogP contribution >= 0.6 is 0 Å². The van der Waals surface area contributed by atoms with E-state index in [0.29, 0.717) is 17.5 Å². The normalized spacial score (nSPS) is 12.1. The van der Waals surface area contributed by atoms with Crippen molar-refractivity contribution >= 4 is 70.9 Å². The lowest BCUT2D eigenvalue weighted by Crippen LogP contribution is -2.43. The van der Waals surface area contributed by atoms with Crippen LogP contribution in [0.3, 0.4) is 0 Å². The molecule has 4 atom stereocenters. The summed E-state index contributed by atoms with van der Waals surface area (Å²) < 4.78 is 21.7. The number of nitrogens with one attached hydrogen (secondary N) is 7. The molecule has 89 heavy (non-hydrogen) atoms. The summed E-state index contributed by atoms with van der Waals surface area (Å²) in [5, 5.41) is 18.0. The van der Waals surface area contributed by atoms with Crippen LogP contribution in [0.5, 0.6) is 23.0 Å². The van der Waals surface area contributed by atoms with Gasteiger partial charge in [0.1, 0.15) is 23.0 Å². The highest BCUT2D eigenvalue weighted by Gasteiger charge is 2.29. The molecule has 0 unspecified atom stereocenters. The predicted molar refractivity (Wildman–Crippen MR) is 324 cm³/mol. The molecule has 29 nitrogen and oxygen atoms in total. The van der Waals surface area contributed by atoms with Crippen LogP contribution in [0.25, 0.3) is 0 Å². The van der Waals surface area contributed by atoms with E-state index in [1.807, 2.05) is 0 Å². The number of hydrogen-bond donors (Lipinski definition) is 13. The van der Waals surface area contributed by atoms with Crippen molar-refractivity contribution in [2.75, 3.05) is 54.6 Å². The molecule has 0 heterocycles. The van der Waals surface area contributed by atoms with Crippen LogP contribution in [0, 0.1) is 0 Å². The summed E-state index contributed by atoms with van der Waals surface area (Å²) in [5.74, 6) is -4.52. The lowest BCUT2D eigenvalue weighted by Gasteiger charge is -2.21. The smallest absolute Gasteiger partial charge is 0.312 e. The fourth-order valence-corrected chi connectivity index (χ4v) is 9.39. The van der Waals surface area contributed by atoms with Crippen molar-refractivity contribution in [1.82, 2.24) is 37.2 Å². The molecule has 0 saturated carbocycles. The summed E-state index contributed by atoms with van der Waals surface area (Å²) in [6.45, 7) is 0.366. The van der Waals surface area contributed by atoms with Gasteiger partial charge in [0.15, 0.2) is 23.1 Å².